The molecule has 1 nitrogen and oxygen atoms in total. The van der Waals surface area contributed by atoms with Gasteiger partial charge in [0.2, 0.25) is 0 Å². The Balaban J connectivity index is 3.63. The van der Waals surface area contributed by atoms with E-state index < -0.39 is 0 Å². The lowest BCUT2D eigenvalue weighted by atomic mass is 10.1. The van der Waals surface area contributed by atoms with Crippen LogP contribution in [-0.4, -0.2) is 17.5 Å². The quantitative estimate of drug-likeness (QED) is 0.465. The molecule has 54 valence electrons. The highest BCUT2D eigenvalue weighted by molar-refractivity contribution is 6.28. The summed E-state index contributed by atoms with van der Waals surface area (Å²) < 4.78 is 0. The molecule has 0 heterocycles. The summed E-state index contributed by atoms with van der Waals surface area (Å²) in [6, 6.07) is 0. The smallest absolute Gasteiger partial charge is 0.124 e. The number of hydrogen-bond acceptors (Lipinski definition) is 1. The van der Waals surface area contributed by atoms with Gasteiger partial charge >= 0.3 is 0 Å². The van der Waals surface area contributed by atoms with Gasteiger partial charge in [-0.25, -0.2) is 0 Å². The van der Waals surface area contributed by atoms with Crippen LogP contribution in [0.25, 0.3) is 0 Å². The molecule has 0 saturated carbocycles. The zero-order valence-corrected chi connectivity index (χ0v) is 6.82. The van der Waals surface area contributed by atoms with Gasteiger partial charge < -0.3 is 4.79 Å². The van der Waals surface area contributed by atoms with E-state index in [9.17, 15) is 4.79 Å². The average molecular weight is 169 g/mol. The van der Waals surface area contributed by atoms with E-state index in [4.69, 9.17) is 23.2 Å². The van der Waals surface area contributed by atoms with Gasteiger partial charge in [0.1, 0.15) is 6.29 Å². The van der Waals surface area contributed by atoms with Crippen molar-refractivity contribution in [2.24, 2.45) is 5.92 Å². The summed E-state index contributed by atoms with van der Waals surface area (Å²) >= 11 is 11.1. The van der Waals surface area contributed by atoms with E-state index in [0.29, 0.717) is 5.88 Å². The van der Waals surface area contributed by atoms with Crippen LogP contribution in [0.4, 0.5) is 0 Å². The molecule has 0 spiro atoms. The fraction of sp³-hybridized carbons (Fsp3) is 0.833. The maximum absolute atomic E-state index is 10.2. The first-order chi connectivity index (χ1) is 4.26. The number of halogens is 2. The first kappa shape index (κ1) is 9.25. The second-order valence-corrected chi connectivity index (χ2v) is 2.75. The fourth-order valence-electron chi connectivity index (χ4n) is 0.552. The molecule has 0 aromatic heterocycles. The minimum atomic E-state index is -0.200. The summed E-state index contributed by atoms with van der Waals surface area (Å²) in [6.07, 6.45) is 1.63. The van der Waals surface area contributed by atoms with Gasteiger partial charge in [0.15, 0.2) is 0 Å². The van der Waals surface area contributed by atoms with Gasteiger partial charge in [0, 0.05) is 11.8 Å². The second kappa shape index (κ2) is 5.07. The molecule has 0 saturated heterocycles. The molecule has 0 fully saturated rings. The van der Waals surface area contributed by atoms with E-state index in [2.05, 4.69) is 0 Å². The predicted octanol–water partition coefficient (Wildman–Crippen LogP) is 2.06. The van der Waals surface area contributed by atoms with Crippen LogP contribution in [0.5, 0.6) is 0 Å². The number of carbonyl (C=O) groups is 1. The third kappa shape index (κ3) is 3.07. The molecule has 0 bridgehead atoms. The Labute approximate surface area is 65.3 Å². The summed E-state index contributed by atoms with van der Waals surface area (Å²) in [4.78, 5) is 10.2. The van der Waals surface area contributed by atoms with Crippen molar-refractivity contribution in [3.05, 3.63) is 0 Å². The van der Waals surface area contributed by atoms with Crippen LogP contribution in [0.3, 0.4) is 0 Å². The predicted molar refractivity (Wildman–Crippen MR) is 40.2 cm³/mol. The molecule has 0 aliphatic rings. The molecule has 0 radical (unpaired) electrons. The van der Waals surface area contributed by atoms with Gasteiger partial charge in [0.25, 0.3) is 0 Å². The van der Waals surface area contributed by atoms with E-state index >= 15 is 0 Å². The van der Waals surface area contributed by atoms with Gasteiger partial charge in [-0.3, -0.25) is 0 Å². The number of hydrogen-bond donors (Lipinski definition) is 0. The Hall–Kier alpha value is 0.250. The van der Waals surface area contributed by atoms with Crippen molar-refractivity contribution >= 4 is 29.5 Å². The Morgan fingerprint density at radius 2 is 2.22 bits per heavy atom. The largest absolute Gasteiger partial charge is 0.303 e. The molecule has 0 N–H and O–H groups in total. The van der Waals surface area contributed by atoms with Crippen LogP contribution in [0.2, 0.25) is 0 Å². The number of aldehydes is 1. The van der Waals surface area contributed by atoms with E-state index in [1.807, 2.05) is 6.92 Å². The highest BCUT2D eigenvalue weighted by Gasteiger charge is 2.14. The molecular formula is C6H10Cl2O. The van der Waals surface area contributed by atoms with E-state index in [0.717, 1.165) is 12.7 Å². The monoisotopic (exact) mass is 168 g/mol. The van der Waals surface area contributed by atoms with Crippen molar-refractivity contribution in [2.45, 2.75) is 18.7 Å². The van der Waals surface area contributed by atoms with E-state index in [-0.39, 0.29) is 11.3 Å². The molecule has 2 atom stereocenters. The molecule has 0 amide bonds. The topological polar surface area (TPSA) is 17.1 Å². The Morgan fingerprint density at radius 3 is 2.33 bits per heavy atom. The first-order valence-electron chi connectivity index (χ1n) is 2.91. The maximum atomic E-state index is 10.2. The summed E-state index contributed by atoms with van der Waals surface area (Å²) in [5, 5.41) is -0.200. The molecule has 0 aliphatic carbocycles. The van der Waals surface area contributed by atoms with Gasteiger partial charge in [0.05, 0.1) is 5.38 Å². The molecule has 0 rings (SSSR count). The van der Waals surface area contributed by atoms with Crippen molar-refractivity contribution in [3.63, 3.8) is 0 Å². The molecule has 9 heavy (non-hydrogen) atoms. The van der Waals surface area contributed by atoms with Gasteiger partial charge in [-0.15, -0.1) is 23.2 Å². The van der Waals surface area contributed by atoms with Crippen LogP contribution in [-0.2, 0) is 4.79 Å². The van der Waals surface area contributed by atoms with Gasteiger partial charge in [-0.2, -0.15) is 0 Å². The highest BCUT2D eigenvalue weighted by atomic mass is 35.5. The molecule has 0 aliphatic heterocycles. The summed E-state index contributed by atoms with van der Waals surface area (Å²) in [6.45, 7) is 1.92. The van der Waals surface area contributed by atoms with Crippen molar-refractivity contribution in [3.8, 4) is 0 Å². The van der Waals surface area contributed by atoms with Crippen molar-refractivity contribution < 1.29 is 4.79 Å². The van der Waals surface area contributed by atoms with Crippen LogP contribution in [0.1, 0.15) is 13.3 Å². The Bertz CT molecular complexity index is 85.1. The van der Waals surface area contributed by atoms with E-state index in [1.54, 1.807) is 0 Å². The first-order valence-corrected chi connectivity index (χ1v) is 3.88. The van der Waals surface area contributed by atoms with Crippen LogP contribution in [0, 0.1) is 5.92 Å². The molecule has 3 heteroatoms. The molecule has 0 aromatic rings. The number of rotatable bonds is 4. The summed E-state index contributed by atoms with van der Waals surface area (Å²) in [5.41, 5.74) is 0. The SMILES string of the molecule is CCC(C=O)C(Cl)CCl. The van der Waals surface area contributed by atoms with Crippen LogP contribution >= 0.6 is 23.2 Å². The Kier molecular flexibility index (Phi) is 5.21. The fourth-order valence-corrected chi connectivity index (χ4v) is 1.02. The van der Waals surface area contributed by atoms with Crippen molar-refractivity contribution in [1.29, 1.82) is 0 Å². The third-order valence-electron chi connectivity index (χ3n) is 1.26. The summed E-state index contributed by atoms with van der Waals surface area (Å²) in [7, 11) is 0. The lowest BCUT2D eigenvalue weighted by molar-refractivity contribution is -0.111. The normalized spacial score (nSPS) is 16.8. The Morgan fingerprint density at radius 1 is 1.67 bits per heavy atom. The minimum Gasteiger partial charge on any atom is -0.303 e. The number of carbonyl (C=O) groups excluding carboxylic acids is 1. The average Bonchev–Trinajstić information content (AvgIpc) is 1.90. The maximum Gasteiger partial charge on any atom is 0.124 e. The number of alkyl halides is 2. The van der Waals surface area contributed by atoms with Crippen LogP contribution < -0.4 is 0 Å². The zero-order valence-electron chi connectivity index (χ0n) is 5.31. The van der Waals surface area contributed by atoms with Crippen molar-refractivity contribution in [2.75, 3.05) is 5.88 Å². The minimum absolute atomic E-state index is 0.0795. The van der Waals surface area contributed by atoms with E-state index in [1.165, 1.54) is 0 Å². The molecule has 0 aromatic carbocycles. The molecular weight excluding hydrogens is 159 g/mol. The lowest BCUT2D eigenvalue weighted by Gasteiger charge is -2.09. The third-order valence-corrected chi connectivity index (χ3v) is 2.23. The second-order valence-electron chi connectivity index (χ2n) is 1.88. The van der Waals surface area contributed by atoms with Gasteiger partial charge in [-0.05, 0) is 6.42 Å². The van der Waals surface area contributed by atoms with Crippen molar-refractivity contribution in [1.82, 2.24) is 0 Å². The molecule has 2 unspecified atom stereocenters. The van der Waals surface area contributed by atoms with Gasteiger partial charge in [-0.1, -0.05) is 6.92 Å². The zero-order chi connectivity index (χ0) is 7.28. The highest BCUT2D eigenvalue weighted by Crippen LogP contribution is 2.13. The summed E-state index contributed by atoms with van der Waals surface area (Å²) in [5.74, 6) is 0.267. The standard InChI is InChI=1S/C6H10Cl2O/c1-2-5(4-9)6(8)3-7/h4-6H,2-3H2,1H3. The van der Waals surface area contributed by atoms with Crippen LogP contribution in [0.15, 0.2) is 0 Å². The lowest BCUT2D eigenvalue weighted by Crippen LogP contribution is -2.16.